The Morgan fingerprint density at radius 3 is 2.66 bits per heavy atom. The van der Waals surface area contributed by atoms with Gasteiger partial charge in [0.05, 0.1) is 13.7 Å². The fraction of sp³-hybridized carbons (Fsp3) is 0.182. The second-order valence-electron chi connectivity index (χ2n) is 6.64. The highest BCUT2D eigenvalue weighted by atomic mass is 35.5. The zero-order valence-corrected chi connectivity index (χ0v) is 18.0. The zero-order chi connectivity index (χ0) is 22.3. The molecule has 0 bridgehead atoms. The summed E-state index contributed by atoms with van der Waals surface area (Å²) in [4.78, 5) is 11.9. The summed E-state index contributed by atoms with van der Waals surface area (Å²) in [5.74, 6) is 1.98. The number of amides is 1. The van der Waals surface area contributed by atoms with Gasteiger partial charge in [0.15, 0.2) is 18.1 Å². The monoisotopic (exact) mass is 453 g/mol. The molecule has 1 amide bonds. The molecule has 0 aliphatic rings. The van der Waals surface area contributed by atoms with E-state index in [0.29, 0.717) is 34.7 Å². The number of nitrogens with zero attached hydrogens (tertiary/aromatic N) is 4. The number of aromatic nitrogens is 4. The molecule has 0 atom stereocenters. The predicted molar refractivity (Wildman–Crippen MR) is 118 cm³/mol. The number of nitrogens with one attached hydrogen (secondary N) is 1. The minimum atomic E-state index is -0.266. The second-order valence-corrected chi connectivity index (χ2v) is 7.07. The fourth-order valence-corrected chi connectivity index (χ4v) is 3.05. The molecule has 10 heteroatoms. The molecule has 0 aliphatic carbocycles. The van der Waals surface area contributed by atoms with Crippen molar-refractivity contribution in [3.8, 4) is 28.8 Å². The van der Waals surface area contributed by atoms with Crippen molar-refractivity contribution in [3.05, 3.63) is 65.7 Å². The average molecular weight is 454 g/mol. The van der Waals surface area contributed by atoms with Crippen LogP contribution >= 0.6 is 11.6 Å². The van der Waals surface area contributed by atoms with Crippen LogP contribution in [0.25, 0.3) is 17.0 Å². The molecule has 0 aliphatic heterocycles. The topological polar surface area (TPSA) is 99.9 Å². The molecule has 4 aromatic rings. The minimum absolute atomic E-state index is 0.115. The molecule has 164 valence electrons. The first-order valence-electron chi connectivity index (χ1n) is 9.77. The van der Waals surface area contributed by atoms with Crippen molar-refractivity contribution < 1.29 is 19.0 Å². The maximum absolute atomic E-state index is 11.9. The van der Waals surface area contributed by atoms with E-state index >= 15 is 0 Å². The molecule has 2 aromatic heterocycles. The van der Waals surface area contributed by atoms with E-state index in [0.717, 1.165) is 11.3 Å². The summed E-state index contributed by atoms with van der Waals surface area (Å²) < 4.78 is 17.8. The van der Waals surface area contributed by atoms with Crippen LogP contribution in [0.3, 0.4) is 0 Å². The summed E-state index contributed by atoms with van der Waals surface area (Å²) in [6, 6.07) is 17.8. The first kappa shape index (κ1) is 21.4. The van der Waals surface area contributed by atoms with Crippen molar-refractivity contribution in [3.63, 3.8) is 0 Å². The molecular formula is C22H20ClN5O4. The van der Waals surface area contributed by atoms with Crippen LogP contribution in [-0.2, 0) is 4.79 Å². The Morgan fingerprint density at radius 2 is 1.88 bits per heavy atom. The van der Waals surface area contributed by atoms with Crippen LogP contribution in [-0.4, -0.2) is 52.6 Å². The van der Waals surface area contributed by atoms with Crippen molar-refractivity contribution in [2.24, 2.45) is 0 Å². The molecule has 9 nitrogen and oxygen atoms in total. The largest absolute Gasteiger partial charge is 0.497 e. The van der Waals surface area contributed by atoms with E-state index in [2.05, 4.69) is 20.6 Å². The third-order valence-corrected chi connectivity index (χ3v) is 4.66. The van der Waals surface area contributed by atoms with Gasteiger partial charge in [-0.15, -0.1) is 15.3 Å². The molecule has 0 radical (unpaired) electrons. The molecule has 0 fully saturated rings. The van der Waals surface area contributed by atoms with Gasteiger partial charge in [-0.05, 0) is 48.5 Å². The summed E-state index contributed by atoms with van der Waals surface area (Å²) in [6.45, 7) is 0.420. The quantitative estimate of drug-likeness (QED) is 0.389. The van der Waals surface area contributed by atoms with Crippen molar-refractivity contribution in [2.75, 3.05) is 26.9 Å². The summed E-state index contributed by atoms with van der Waals surface area (Å²) in [5, 5.41) is 16.1. The van der Waals surface area contributed by atoms with Crippen molar-refractivity contribution in [1.29, 1.82) is 0 Å². The van der Waals surface area contributed by atoms with Crippen molar-refractivity contribution in [1.82, 2.24) is 25.1 Å². The molecule has 0 spiro atoms. The summed E-state index contributed by atoms with van der Waals surface area (Å²) in [7, 11) is 1.61. The Labute approximate surface area is 188 Å². The number of benzene rings is 2. The highest BCUT2D eigenvalue weighted by molar-refractivity contribution is 6.30. The second kappa shape index (κ2) is 9.97. The Hall–Kier alpha value is -3.85. The van der Waals surface area contributed by atoms with E-state index in [4.69, 9.17) is 25.8 Å². The van der Waals surface area contributed by atoms with Gasteiger partial charge in [0.1, 0.15) is 18.1 Å². The first-order chi connectivity index (χ1) is 15.6. The van der Waals surface area contributed by atoms with Gasteiger partial charge in [-0.2, -0.15) is 4.52 Å². The average Bonchev–Trinajstić information content (AvgIpc) is 3.24. The number of hydrogen-bond donors (Lipinski definition) is 1. The molecule has 1 N–H and O–H groups in total. The van der Waals surface area contributed by atoms with E-state index in [1.807, 2.05) is 24.3 Å². The van der Waals surface area contributed by atoms with E-state index in [1.54, 1.807) is 48.0 Å². The predicted octanol–water partition coefficient (Wildman–Crippen LogP) is 3.03. The molecule has 32 heavy (non-hydrogen) atoms. The number of hydrogen-bond acceptors (Lipinski definition) is 7. The van der Waals surface area contributed by atoms with Gasteiger partial charge in [-0.1, -0.05) is 17.7 Å². The van der Waals surface area contributed by atoms with Gasteiger partial charge in [0.2, 0.25) is 5.88 Å². The van der Waals surface area contributed by atoms with Gasteiger partial charge >= 0.3 is 0 Å². The Bertz CT molecular complexity index is 1210. The number of fused-ring (bicyclic) bond motifs is 1. The van der Waals surface area contributed by atoms with E-state index in [-0.39, 0.29) is 19.1 Å². The number of methoxy groups -OCH3 is 1. The van der Waals surface area contributed by atoms with Crippen LogP contribution in [0.2, 0.25) is 5.02 Å². The lowest BCUT2D eigenvalue weighted by atomic mass is 10.2. The standard InChI is InChI=1S/C22H20ClN5O4/c1-30-17-7-5-15(6-8-17)22-26-25-19-9-10-21(27-28(19)22)31-12-11-24-20(29)14-32-18-4-2-3-16(23)13-18/h2-10,13H,11-12,14H2,1H3,(H,24,29). The molecule has 0 saturated heterocycles. The highest BCUT2D eigenvalue weighted by Gasteiger charge is 2.11. The summed E-state index contributed by atoms with van der Waals surface area (Å²) >= 11 is 5.89. The molecule has 0 saturated carbocycles. The van der Waals surface area contributed by atoms with Crippen LogP contribution in [0.5, 0.6) is 17.4 Å². The third-order valence-electron chi connectivity index (χ3n) is 4.43. The molecule has 2 aromatic carbocycles. The van der Waals surface area contributed by atoms with E-state index < -0.39 is 0 Å². The van der Waals surface area contributed by atoms with Crippen LogP contribution in [0, 0.1) is 0 Å². The maximum Gasteiger partial charge on any atom is 0.258 e. The highest BCUT2D eigenvalue weighted by Crippen LogP contribution is 2.22. The maximum atomic E-state index is 11.9. The smallest absolute Gasteiger partial charge is 0.258 e. The molecule has 0 unspecified atom stereocenters. The van der Waals surface area contributed by atoms with Gasteiger partial charge in [-0.25, -0.2) is 0 Å². The van der Waals surface area contributed by atoms with Crippen LogP contribution < -0.4 is 19.5 Å². The van der Waals surface area contributed by atoms with Crippen molar-refractivity contribution in [2.45, 2.75) is 0 Å². The molecular weight excluding hydrogens is 434 g/mol. The number of carbonyl (C=O) groups excluding carboxylic acids is 1. The van der Waals surface area contributed by atoms with Gasteiger partial charge in [0, 0.05) is 16.7 Å². The lowest BCUT2D eigenvalue weighted by molar-refractivity contribution is -0.123. The van der Waals surface area contributed by atoms with E-state index in [9.17, 15) is 4.79 Å². The zero-order valence-electron chi connectivity index (χ0n) is 17.2. The number of rotatable bonds is 9. The number of halogens is 1. The van der Waals surface area contributed by atoms with Crippen LogP contribution in [0.15, 0.2) is 60.7 Å². The van der Waals surface area contributed by atoms with Crippen LogP contribution in [0.1, 0.15) is 0 Å². The summed E-state index contributed by atoms with van der Waals surface area (Å²) in [5.41, 5.74) is 1.43. The molecule has 4 rings (SSSR count). The van der Waals surface area contributed by atoms with Crippen molar-refractivity contribution >= 4 is 23.2 Å². The van der Waals surface area contributed by atoms with Crippen LogP contribution in [0.4, 0.5) is 0 Å². The SMILES string of the molecule is COc1ccc(-c2nnc3ccc(OCCNC(=O)COc4cccc(Cl)c4)nn23)cc1. The Kier molecular flexibility index (Phi) is 6.66. The lowest BCUT2D eigenvalue weighted by Crippen LogP contribution is -2.32. The fourth-order valence-electron chi connectivity index (χ4n) is 2.87. The summed E-state index contributed by atoms with van der Waals surface area (Å²) in [6.07, 6.45) is 0. The normalized spacial score (nSPS) is 10.7. The lowest BCUT2D eigenvalue weighted by Gasteiger charge is -2.09. The number of ether oxygens (including phenoxy) is 3. The molecule has 2 heterocycles. The van der Waals surface area contributed by atoms with Gasteiger partial charge in [-0.3, -0.25) is 4.79 Å². The third kappa shape index (κ3) is 5.25. The first-order valence-corrected chi connectivity index (χ1v) is 10.1. The Morgan fingerprint density at radius 1 is 1.03 bits per heavy atom. The van der Waals surface area contributed by atoms with E-state index in [1.165, 1.54) is 0 Å². The Balaban J connectivity index is 1.30. The van der Waals surface area contributed by atoms with Gasteiger partial charge < -0.3 is 19.5 Å². The van der Waals surface area contributed by atoms with Gasteiger partial charge in [0.25, 0.3) is 5.91 Å². The minimum Gasteiger partial charge on any atom is -0.497 e. The number of carbonyl (C=O) groups is 1.